The monoisotopic (exact) mass is 267 g/mol. The molecule has 4 nitrogen and oxygen atoms in total. The van der Waals surface area contributed by atoms with Crippen molar-refractivity contribution in [1.82, 2.24) is 9.36 Å². The predicted molar refractivity (Wildman–Crippen MR) is 56.8 cm³/mol. The molecule has 1 aliphatic carbocycles. The van der Waals surface area contributed by atoms with E-state index in [1.807, 2.05) is 0 Å². The zero-order chi connectivity index (χ0) is 12.5. The van der Waals surface area contributed by atoms with Gasteiger partial charge in [0, 0.05) is 17.6 Å². The largest absolute Gasteiger partial charge is 0.452 e. The van der Waals surface area contributed by atoms with Gasteiger partial charge in [-0.15, -0.1) is 0 Å². The summed E-state index contributed by atoms with van der Waals surface area (Å²) in [5.74, 6) is -1.10. The third-order valence-corrected chi connectivity index (χ3v) is 3.35. The van der Waals surface area contributed by atoms with Gasteiger partial charge in [0.15, 0.2) is 0 Å². The van der Waals surface area contributed by atoms with Gasteiger partial charge in [0.2, 0.25) is 11.0 Å². The first-order valence-electron chi connectivity index (χ1n) is 5.30. The number of aromatic nitrogens is 2. The average Bonchev–Trinajstić information content (AvgIpc) is 2.69. The first kappa shape index (κ1) is 12.6. The zero-order valence-corrected chi connectivity index (χ0v) is 9.68. The predicted octanol–water partition coefficient (Wildman–Crippen LogP) is 2.27. The van der Waals surface area contributed by atoms with Gasteiger partial charge in [0.1, 0.15) is 0 Å². The van der Waals surface area contributed by atoms with Crippen LogP contribution in [-0.2, 0) is 6.18 Å². The molecule has 2 N–H and O–H groups in total. The van der Waals surface area contributed by atoms with E-state index in [4.69, 9.17) is 0 Å². The smallest absolute Gasteiger partial charge is 0.393 e. The lowest BCUT2D eigenvalue weighted by Crippen LogP contribution is -2.28. The second-order valence-electron chi connectivity index (χ2n) is 4.07. The van der Waals surface area contributed by atoms with Crippen LogP contribution in [0.2, 0.25) is 0 Å². The lowest BCUT2D eigenvalue weighted by atomic mass is 9.93. The van der Waals surface area contributed by atoms with Gasteiger partial charge in [0.05, 0.1) is 6.10 Å². The molecular weight excluding hydrogens is 255 g/mol. The fourth-order valence-electron chi connectivity index (χ4n) is 1.79. The maximum atomic E-state index is 12.3. The van der Waals surface area contributed by atoms with Crippen LogP contribution in [0.4, 0.5) is 18.3 Å². The Morgan fingerprint density at radius 3 is 2.41 bits per heavy atom. The summed E-state index contributed by atoms with van der Waals surface area (Å²) in [6.07, 6.45) is -1.96. The topological polar surface area (TPSA) is 58.0 Å². The molecule has 1 aromatic rings. The Morgan fingerprint density at radius 1 is 1.24 bits per heavy atom. The molecule has 17 heavy (non-hydrogen) atoms. The molecule has 0 spiro atoms. The number of alkyl halides is 3. The molecule has 0 aromatic carbocycles. The first-order chi connectivity index (χ1) is 7.95. The summed E-state index contributed by atoms with van der Waals surface area (Å²) in [6.45, 7) is 0. The maximum absolute atomic E-state index is 12.3. The SMILES string of the molecule is OC1CCC(Nc2nc(C(F)(F)F)ns2)CC1. The number of nitrogens with one attached hydrogen (secondary N) is 1. The van der Waals surface area contributed by atoms with Gasteiger partial charge in [-0.25, -0.2) is 0 Å². The molecule has 0 amide bonds. The molecule has 96 valence electrons. The number of aliphatic hydroxyl groups is 1. The van der Waals surface area contributed by atoms with Crippen LogP contribution in [0, 0.1) is 0 Å². The standard InChI is InChI=1S/C9H12F3N3OS/c10-9(11,12)7-14-8(17-15-7)13-5-1-3-6(16)4-2-5/h5-6,16H,1-4H2,(H,13,14,15). The molecule has 0 saturated heterocycles. The average molecular weight is 267 g/mol. The van der Waals surface area contributed by atoms with Crippen LogP contribution in [0.25, 0.3) is 0 Å². The van der Waals surface area contributed by atoms with Crippen molar-refractivity contribution in [3.05, 3.63) is 5.82 Å². The van der Waals surface area contributed by atoms with E-state index in [2.05, 4.69) is 14.7 Å². The molecule has 1 aromatic heterocycles. The van der Waals surface area contributed by atoms with Crippen molar-refractivity contribution in [3.8, 4) is 0 Å². The van der Waals surface area contributed by atoms with Crippen molar-refractivity contribution in [2.45, 2.75) is 44.0 Å². The highest BCUT2D eigenvalue weighted by Crippen LogP contribution is 2.30. The number of hydrogen-bond acceptors (Lipinski definition) is 5. The second-order valence-corrected chi connectivity index (χ2v) is 4.82. The fraction of sp³-hybridized carbons (Fsp3) is 0.778. The van der Waals surface area contributed by atoms with Crippen LogP contribution in [-0.4, -0.2) is 26.6 Å². The highest BCUT2D eigenvalue weighted by Gasteiger charge is 2.36. The number of halogens is 3. The lowest BCUT2D eigenvalue weighted by Gasteiger charge is -2.25. The van der Waals surface area contributed by atoms with Gasteiger partial charge in [0.25, 0.3) is 0 Å². The van der Waals surface area contributed by atoms with E-state index in [1.165, 1.54) is 0 Å². The van der Waals surface area contributed by atoms with Crippen LogP contribution in [0.5, 0.6) is 0 Å². The van der Waals surface area contributed by atoms with Crippen molar-refractivity contribution in [1.29, 1.82) is 0 Å². The Morgan fingerprint density at radius 2 is 1.88 bits per heavy atom. The van der Waals surface area contributed by atoms with Crippen molar-refractivity contribution in [3.63, 3.8) is 0 Å². The zero-order valence-electron chi connectivity index (χ0n) is 8.87. The van der Waals surface area contributed by atoms with Crippen molar-refractivity contribution in [2.75, 3.05) is 5.32 Å². The molecule has 0 aliphatic heterocycles. The van der Waals surface area contributed by atoms with Crippen molar-refractivity contribution >= 4 is 16.7 Å². The Bertz CT molecular complexity index is 374. The fourth-order valence-corrected chi connectivity index (χ4v) is 2.46. The maximum Gasteiger partial charge on any atom is 0.452 e. The Balaban J connectivity index is 1.93. The molecule has 1 heterocycles. The third kappa shape index (κ3) is 3.29. The van der Waals surface area contributed by atoms with Crippen LogP contribution >= 0.6 is 11.5 Å². The minimum Gasteiger partial charge on any atom is -0.393 e. The summed E-state index contributed by atoms with van der Waals surface area (Å²) < 4.78 is 40.0. The molecule has 1 saturated carbocycles. The van der Waals surface area contributed by atoms with E-state index in [1.54, 1.807) is 0 Å². The Hall–Kier alpha value is -0.890. The van der Waals surface area contributed by atoms with Gasteiger partial charge < -0.3 is 10.4 Å². The lowest BCUT2D eigenvalue weighted by molar-refractivity contribution is -0.144. The normalized spacial score (nSPS) is 25.9. The number of nitrogens with zero attached hydrogens (tertiary/aromatic N) is 2. The van der Waals surface area contributed by atoms with Crippen LogP contribution in [0.15, 0.2) is 0 Å². The van der Waals surface area contributed by atoms with Crippen LogP contribution < -0.4 is 5.32 Å². The minimum atomic E-state index is -4.49. The molecule has 0 unspecified atom stereocenters. The molecule has 0 bridgehead atoms. The van der Waals surface area contributed by atoms with E-state index < -0.39 is 12.0 Å². The third-order valence-electron chi connectivity index (χ3n) is 2.70. The summed E-state index contributed by atoms with van der Waals surface area (Å²) in [5, 5.41) is 12.4. The highest BCUT2D eigenvalue weighted by atomic mass is 32.1. The van der Waals surface area contributed by atoms with Gasteiger partial charge in [-0.05, 0) is 25.7 Å². The van der Waals surface area contributed by atoms with E-state index in [0.717, 1.165) is 12.8 Å². The molecule has 2 rings (SSSR count). The Labute approximate surface area is 100 Å². The summed E-state index contributed by atoms with van der Waals surface area (Å²) in [4.78, 5) is 3.40. The number of rotatable bonds is 2. The van der Waals surface area contributed by atoms with E-state index in [9.17, 15) is 18.3 Å². The second kappa shape index (κ2) is 4.77. The van der Waals surface area contributed by atoms with Gasteiger partial charge in [-0.2, -0.15) is 22.5 Å². The quantitative estimate of drug-likeness (QED) is 0.863. The number of anilines is 1. The number of hydrogen-bond donors (Lipinski definition) is 2. The summed E-state index contributed by atoms with van der Waals surface area (Å²) in [7, 11) is 0. The molecule has 1 aliphatic rings. The van der Waals surface area contributed by atoms with Crippen molar-refractivity contribution in [2.24, 2.45) is 0 Å². The van der Waals surface area contributed by atoms with Crippen molar-refractivity contribution < 1.29 is 18.3 Å². The Kier molecular flexibility index (Phi) is 3.53. The van der Waals surface area contributed by atoms with E-state index >= 15 is 0 Å². The van der Waals surface area contributed by atoms with E-state index in [0.29, 0.717) is 24.4 Å². The minimum absolute atomic E-state index is 0.0763. The molecular formula is C9H12F3N3OS. The summed E-state index contributed by atoms with van der Waals surface area (Å²) in [5.41, 5.74) is 0. The van der Waals surface area contributed by atoms with Crippen LogP contribution in [0.3, 0.4) is 0 Å². The van der Waals surface area contributed by atoms with Gasteiger partial charge in [-0.1, -0.05) is 0 Å². The number of aliphatic hydroxyl groups excluding tert-OH is 1. The van der Waals surface area contributed by atoms with E-state index in [-0.39, 0.29) is 17.3 Å². The summed E-state index contributed by atoms with van der Waals surface area (Å²) in [6, 6.07) is 0.0763. The molecule has 0 atom stereocenters. The first-order valence-corrected chi connectivity index (χ1v) is 6.08. The molecule has 0 radical (unpaired) electrons. The summed E-state index contributed by atoms with van der Waals surface area (Å²) >= 11 is 0.716. The van der Waals surface area contributed by atoms with Gasteiger partial charge in [-0.3, -0.25) is 0 Å². The molecule has 1 fully saturated rings. The van der Waals surface area contributed by atoms with Crippen LogP contribution in [0.1, 0.15) is 31.5 Å². The molecule has 8 heteroatoms. The highest BCUT2D eigenvalue weighted by molar-refractivity contribution is 7.09. The van der Waals surface area contributed by atoms with Gasteiger partial charge >= 0.3 is 6.18 Å².